The minimum Gasteiger partial charge on any atom is -0.455 e. The molecule has 2 nitrogen and oxygen atoms in total. The summed E-state index contributed by atoms with van der Waals surface area (Å²) in [6, 6.07) is 2.23. The van der Waals surface area contributed by atoms with Crippen molar-refractivity contribution in [1.82, 2.24) is 5.32 Å². The average molecular weight is 216 g/mol. The zero-order valence-electron chi connectivity index (χ0n) is 6.81. The summed E-state index contributed by atoms with van der Waals surface area (Å²) in [6.07, 6.45) is -4.38. The summed E-state index contributed by atoms with van der Waals surface area (Å²) in [4.78, 5) is 0. The Labute approximate surface area is 79.5 Å². The van der Waals surface area contributed by atoms with Gasteiger partial charge in [-0.15, -0.1) is 12.4 Å². The molecule has 1 heterocycles. The van der Waals surface area contributed by atoms with E-state index >= 15 is 0 Å². The largest absolute Gasteiger partial charge is 0.455 e. The van der Waals surface area contributed by atoms with E-state index in [9.17, 15) is 13.2 Å². The highest BCUT2D eigenvalue weighted by atomic mass is 35.5. The predicted molar refractivity (Wildman–Crippen MR) is 43.7 cm³/mol. The van der Waals surface area contributed by atoms with E-state index in [1.54, 1.807) is 7.05 Å². The maximum Gasteiger partial charge on any atom is 0.449 e. The standard InChI is InChI=1S/C7H8F3NO.ClH/c1-11-4-5-2-3-6(12-5)7(8,9)10;/h2-3,11H,4H2,1H3;1H. The first-order valence-corrected chi connectivity index (χ1v) is 3.34. The molecule has 0 unspecified atom stereocenters. The Morgan fingerprint density at radius 1 is 1.38 bits per heavy atom. The van der Waals surface area contributed by atoms with E-state index in [4.69, 9.17) is 0 Å². The Kier molecular flexibility index (Phi) is 4.29. The van der Waals surface area contributed by atoms with Crippen LogP contribution in [0.15, 0.2) is 16.5 Å². The van der Waals surface area contributed by atoms with Gasteiger partial charge in [0.05, 0.1) is 6.54 Å². The van der Waals surface area contributed by atoms with Crippen molar-refractivity contribution in [1.29, 1.82) is 0 Å². The van der Waals surface area contributed by atoms with Gasteiger partial charge in [-0.05, 0) is 19.2 Å². The second kappa shape index (κ2) is 4.53. The van der Waals surface area contributed by atoms with Gasteiger partial charge in [0.2, 0.25) is 5.76 Å². The lowest BCUT2D eigenvalue weighted by Gasteiger charge is -2.00. The van der Waals surface area contributed by atoms with Crippen LogP contribution in [-0.2, 0) is 12.7 Å². The highest BCUT2D eigenvalue weighted by Gasteiger charge is 2.34. The molecule has 13 heavy (non-hydrogen) atoms. The lowest BCUT2D eigenvalue weighted by molar-refractivity contribution is -0.153. The van der Waals surface area contributed by atoms with Gasteiger partial charge in [-0.1, -0.05) is 0 Å². The number of hydrogen-bond acceptors (Lipinski definition) is 2. The van der Waals surface area contributed by atoms with E-state index in [1.807, 2.05) is 0 Å². The van der Waals surface area contributed by atoms with Gasteiger partial charge in [0.1, 0.15) is 5.76 Å². The molecule has 0 saturated carbocycles. The molecule has 0 aliphatic rings. The van der Waals surface area contributed by atoms with E-state index in [0.29, 0.717) is 6.54 Å². The third-order valence-electron chi connectivity index (χ3n) is 1.29. The Morgan fingerprint density at radius 3 is 2.38 bits per heavy atom. The molecule has 1 aromatic rings. The molecule has 6 heteroatoms. The predicted octanol–water partition coefficient (Wildman–Crippen LogP) is 2.44. The van der Waals surface area contributed by atoms with Crippen LogP contribution in [0.25, 0.3) is 0 Å². The monoisotopic (exact) mass is 215 g/mol. The fourth-order valence-electron chi connectivity index (χ4n) is 0.800. The molecule has 1 rings (SSSR count). The van der Waals surface area contributed by atoms with Gasteiger partial charge < -0.3 is 9.73 Å². The Morgan fingerprint density at radius 2 is 2.00 bits per heavy atom. The van der Waals surface area contributed by atoms with Crippen LogP contribution in [0.2, 0.25) is 0 Å². The summed E-state index contributed by atoms with van der Waals surface area (Å²) >= 11 is 0. The highest BCUT2D eigenvalue weighted by Crippen LogP contribution is 2.30. The maximum absolute atomic E-state index is 11.9. The van der Waals surface area contributed by atoms with Crippen molar-refractivity contribution in [3.8, 4) is 0 Å². The van der Waals surface area contributed by atoms with Crippen LogP contribution in [0.4, 0.5) is 13.2 Å². The third kappa shape index (κ3) is 3.28. The molecule has 0 spiro atoms. The lowest BCUT2D eigenvalue weighted by Crippen LogP contribution is -2.05. The van der Waals surface area contributed by atoms with E-state index < -0.39 is 11.9 Å². The summed E-state index contributed by atoms with van der Waals surface area (Å²) in [5.41, 5.74) is 0. The number of rotatable bonds is 2. The Balaban J connectivity index is 0.00000144. The minimum absolute atomic E-state index is 0. The van der Waals surface area contributed by atoms with Crippen LogP contribution >= 0.6 is 12.4 Å². The van der Waals surface area contributed by atoms with Crippen molar-refractivity contribution in [2.45, 2.75) is 12.7 Å². The first-order valence-electron chi connectivity index (χ1n) is 3.34. The van der Waals surface area contributed by atoms with Crippen molar-refractivity contribution in [3.63, 3.8) is 0 Å². The van der Waals surface area contributed by atoms with Gasteiger partial charge in [0.15, 0.2) is 0 Å². The molecule has 0 radical (unpaired) electrons. The van der Waals surface area contributed by atoms with Gasteiger partial charge in [0.25, 0.3) is 0 Å². The number of halogens is 4. The van der Waals surface area contributed by atoms with Gasteiger partial charge >= 0.3 is 6.18 Å². The van der Waals surface area contributed by atoms with Gasteiger partial charge in [0, 0.05) is 0 Å². The van der Waals surface area contributed by atoms with Crippen molar-refractivity contribution >= 4 is 12.4 Å². The summed E-state index contributed by atoms with van der Waals surface area (Å²) in [5, 5.41) is 2.69. The molecule has 0 saturated heterocycles. The van der Waals surface area contributed by atoms with Crippen LogP contribution in [-0.4, -0.2) is 7.05 Å². The first kappa shape index (κ1) is 12.3. The molecule has 76 valence electrons. The number of furan rings is 1. The SMILES string of the molecule is CNCc1ccc(C(F)(F)F)o1.Cl. The number of alkyl halides is 3. The minimum atomic E-state index is -4.38. The van der Waals surface area contributed by atoms with Gasteiger partial charge in [-0.25, -0.2) is 0 Å². The zero-order chi connectivity index (χ0) is 9.19. The Hall–Kier alpha value is -0.680. The van der Waals surface area contributed by atoms with Crippen LogP contribution in [0.3, 0.4) is 0 Å². The first-order chi connectivity index (χ1) is 5.54. The fraction of sp³-hybridized carbons (Fsp3) is 0.429. The molecule has 0 aliphatic heterocycles. The quantitative estimate of drug-likeness (QED) is 0.820. The number of hydrogen-bond donors (Lipinski definition) is 1. The molecule has 0 amide bonds. The summed E-state index contributed by atoms with van der Waals surface area (Å²) < 4.78 is 40.3. The maximum atomic E-state index is 11.9. The lowest BCUT2D eigenvalue weighted by atomic mass is 10.4. The van der Waals surface area contributed by atoms with E-state index in [0.717, 1.165) is 6.07 Å². The Bertz CT molecular complexity index is 258. The van der Waals surface area contributed by atoms with Crippen LogP contribution in [0, 0.1) is 0 Å². The van der Waals surface area contributed by atoms with Gasteiger partial charge in [-0.3, -0.25) is 0 Å². The van der Waals surface area contributed by atoms with Crippen molar-refractivity contribution < 1.29 is 17.6 Å². The summed E-state index contributed by atoms with van der Waals surface area (Å²) in [5.74, 6) is -0.669. The second-order valence-corrected chi connectivity index (χ2v) is 2.29. The molecule has 0 fully saturated rings. The normalized spacial score (nSPS) is 11.1. The van der Waals surface area contributed by atoms with E-state index in [-0.39, 0.29) is 18.2 Å². The molecule has 1 aromatic heterocycles. The molecule has 1 N–H and O–H groups in total. The molecule has 0 aromatic carbocycles. The third-order valence-corrected chi connectivity index (χ3v) is 1.29. The smallest absolute Gasteiger partial charge is 0.449 e. The summed E-state index contributed by atoms with van der Waals surface area (Å²) in [6.45, 7) is 0.302. The van der Waals surface area contributed by atoms with Crippen LogP contribution in [0.5, 0.6) is 0 Å². The molecule has 0 bridgehead atoms. The van der Waals surface area contributed by atoms with E-state index in [1.165, 1.54) is 6.07 Å². The van der Waals surface area contributed by atoms with E-state index in [2.05, 4.69) is 9.73 Å². The second-order valence-electron chi connectivity index (χ2n) is 2.29. The van der Waals surface area contributed by atoms with Crippen molar-refractivity contribution in [2.24, 2.45) is 0 Å². The zero-order valence-corrected chi connectivity index (χ0v) is 7.63. The van der Waals surface area contributed by atoms with Crippen LogP contribution < -0.4 is 5.32 Å². The highest BCUT2D eigenvalue weighted by molar-refractivity contribution is 5.85. The van der Waals surface area contributed by atoms with Crippen molar-refractivity contribution in [2.75, 3.05) is 7.05 Å². The molecule has 0 aliphatic carbocycles. The van der Waals surface area contributed by atoms with Crippen molar-refractivity contribution in [3.05, 3.63) is 23.7 Å². The fourth-order valence-corrected chi connectivity index (χ4v) is 0.800. The number of nitrogens with one attached hydrogen (secondary N) is 1. The molecule has 0 atom stereocenters. The average Bonchev–Trinajstić information content (AvgIpc) is 2.35. The summed E-state index contributed by atoms with van der Waals surface area (Å²) in [7, 11) is 1.63. The van der Waals surface area contributed by atoms with Crippen LogP contribution in [0.1, 0.15) is 11.5 Å². The topological polar surface area (TPSA) is 25.2 Å². The van der Waals surface area contributed by atoms with Gasteiger partial charge in [-0.2, -0.15) is 13.2 Å². The molecular formula is C7H9ClF3NO. The molecular weight excluding hydrogens is 207 g/mol.